The highest BCUT2D eigenvalue weighted by molar-refractivity contribution is 5.96. The third kappa shape index (κ3) is 2.23. The Morgan fingerprint density at radius 3 is 2.90 bits per heavy atom. The number of amides is 1. The SMILES string of the molecule is Cc1ccc(C#N)cc1-c1ccc2[nH]nc(NC=O)c2c1. The summed E-state index contributed by atoms with van der Waals surface area (Å²) in [5.74, 6) is 0.496. The zero-order chi connectivity index (χ0) is 14.8. The fraction of sp³-hybridized carbons (Fsp3) is 0.0625. The van der Waals surface area contributed by atoms with Crippen LogP contribution in [0.3, 0.4) is 0 Å². The summed E-state index contributed by atoms with van der Waals surface area (Å²) in [5, 5.41) is 19.4. The molecule has 0 radical (unpaired) electrons. The average Bonchev–Trinajstić information content (AvgIpc) is 2.91. The van der Waals surface area contributed by atoms with Crippen molar-refractivity contribution >= 4 is 23.1 Å². The number of carbonyl (C=O) groups excluding carboxylic acids is 1. The van der Waals surface area contributed by atoms with Crippen LogP contribution in [0.25, 0.3) is 22.0 Å². The molecule has 5 nitrogen and oxygen atoms in total. The molecule has 1 heterocycles. The maximum absolute atomic E-state index is 10.6. The van der Waals surface area contributed by atoms with Crippen molar-refractivity contribution in [2.45, 2.75) is 6.92 Å². The summed E-state index contributed by atoms with van der Waals surface area (Å²) in [4.78, 5) is 10.6. The fourth-order valence-electron chi connectivity index (χ4n) is 2.35. The van der Waals surface area contributed by atoms with Gasteiger partial charge in [-0.2, -0.15) is 10.4 Å². The van der Waals surface area contributed by atoms with Crippen molar-refractivity contribution < 1.29 is 4.79 Å². The normalized spacial score (nSPS) is 10.3. The van der Waals surface area contributed by atoms with Crippen LogP contribution in [0.4, 0.5) is 5.82 Å². The van der Waals surface area contributed by atoms with Crippen LogP contribution in [0.1, 0.15) is 11.1 Å². The van der Waals surface area contributed by atoms with Gasteiger partial charge in [-0.3, -0.25) is 9.89 Å². The molecule has 5 heteroatoms. The van der Waals surface area contributed by atoms with E-state index < -0.39 is 0 Å². The largest absolute Gasteiger partial charge is 0.311 e. The van der Waals surface area contributed by atoms with Gasteiger partial charge in [-0.15, -0.1) is 0 Å². The molecule has 3 rings (SSSR count). The monoisotopic (exact) mass is 276 g/mol. The highest BCUT2D eigenvalue weighted by Crippen LogP contribution is 2.29. The van der Waals surface area contributed by atoms with Crippen molar-refractivity contribution in [1.29, 1.82) is 5.26 Å². The van der Waals surface area contributed by atoms with Gasteiger partial charge < -0.3 is 5.32 Å². The fourth-order valence-corrected chi connectivity index (χ4v) is 2.35. The number of nitrogens with zero attached hydrogens (tertiary/aromatic N) is 2. The van der Waals surface area contributed by atoms with Crippen LogP contribution >= 0.6 is 0 Å². The van der Waals surface area contributed by atoms with E-state index >= 15 is 0 Å². The number of aryl methyl sites for hydroxylation is 1. The molecule has 2 aromatic carbocycles. The minimum atomic E-state index is 0.496. The second-order valence-electron chi connectivity index (χ2n) is 4.74. The van der Waals surface area contributed by atoms with Crippen molar-refractivity contribution in [2.24, 2.45) is 0 Å². The van der Waals surface area contributed by atoms with Crippen molar-refractivity contribution in [3.8, 4) is 17.2 Å². The first-order valence-corrected chi connectivity index (χ1v) is 6.42. The van der Waals surface area contributed by atoms with Gasteiger partial charge in [-0.25, -0.2) is 0 Å². The molecule has 1 aromatic heterocycles. The van der Waals surface area contributed by atoms with Crippen molar-refractivity contribution in [2.75, 3.05) is 5.32 Å². The van der Waals surface area contributed by atoms with Crippen LogP contribution in [0, 0.1) is 18.3 Å². The number of H-pyrrole nitrogens is 1. The van der Waals surface area contributed by atoms with E-state index in [1.807, 2.05) is 37.3 Å². The number of aromatic amines is 1. The van der Waals surface area contributed by atoms with Gasteiger partial charge in [-0.05, 0) is 47.9 Å². The highest BCUT2D eigenvalue weighted by Gasteiger charge is 2.09. The number of nitrogens with one attached hydrogen (secondary N) is 2. The summed E-state index contributed by atoms with van der Waals surface area (Å²) in [6.45, 7) is 2.00. The minimum absolute atomic E-state index is 0.496. The van der Waals surface area contributed by atoms with Gasteiger partial charge in [0, 0.05) is 5.39 Å². The quantitative estimate of drug-likeness (QED) is 0.721. The van der Waals surface area contributed by atoms with Gasteiger partial charge in [0.15, 0.2) is 5.82 Å². The maximum Gasteiger partial charge on any atom is 0.212 e. The van der Waals surface area contributed by atoms with Crippen LogP contribution in [0.5, 0.6) is 0 Å². The van der Waals surface area contributed by atoms with Crippen LogP contribution < -0.4 is 5.32 Å². The van der Waals surface area contributed by atoms with Crippen molar-refractivity contribution in [1.82, 2.24) is 10.2 Å². The molecule has 0 fully saturated rings. The molecule has 3 aromatic rings. The summed E-state index contributed by atoms with van der Waals surface area (Å²) in [6, 6.07) is 13.6. The van der Waals surface area contributed by atoms with Gasteiger partial charge in [0.25, 0.3) is 0 Å². The summed E-state index contributed by atoms with van der Waals surface area (Å²) in [5.41, 5.74) is 4.52. The standard InChI is InChI=1S/C16H12N4O/c1-10-2-3-11(8-17)6-13(10)12-4-5-15-14(7-12)16(18-9-21)20-19-15/h2-7,9H,1H3,(H2,18,19,20,21). The highest BCUT2D eigenvalue weighted by atomic mass is 16.1. The summed E-state index contributed by atoms with van der Waals surface area (Å²) in [6.07, 6.45) is 0.601. The minimum Gasteiger partial charge on any atom is -0.311 e. The topological polar surface area (TPSA) is 81.6 Å². The molecule has 2 N–H and O–H groups in total. The van der Waals surface area contributed by atoms with Gasteiger partial charge in [-0.1, -0.05) is 12.1 Å². The molecule has 0 unspecified atom stereocenters. The molecule has 0 atom stereocenters. The Hall–Kier alpha value is -3.13. The number of benzene rings is 2. The first kappa shape index (κ1) is 12.9. The van der Waals surface area contributed by atoms with Crippen LogP contribution in [0.2, 0.25) is 0 Å². The molecule has 102 valence electrons. The van der Waals surface area contributed by atoms with Gasteiger partial charge in [0.2, 0.25) is 6.41 Å². The zero-order valence-corrected chi connectivity index (χ0v) is 11.3. The predicted molar refractivity (Wildman–Crippen MR) is 80.7 cm³/mol. The van der Waals surface area contributed by atoms with E-state index in [0.717, 1.165) is 27.6 Å². The lowest BCUT2D eigenvalue weighted by molar-refractivity contribution is -0.105. The molecule has 0 aliphatic rings. The Kier molecular flexibility index (Phi) is 3.13. The third-order valence-corrected chi connectivity index (χ3v) is 3.44. The second-order valence-corrected chi connectivity index (χ2v) is 4.74. The van der Waals surface area contributed by atoms with Gasteiger partial charge in [0.05, 0.1) is 17.1 Å². The van der Waals surface area contributed by atoms with E-state index in [0.29, 0.717) is 17.8 Å². The molecule has 0 spiro atoms. The summed E-state index contributed by atoms with van der Waals surface area (Å²) in [7, 11) is 0. The molecule has 0 bridgehead atoms. The average molecular weight is 276 g/mol. The summed E-state index contributed by atoms with van der Waals surface area (Å²) < 4.78 is 0. The molecule has 1 amide bonds. The first-order valence-electron chi connectivity index (χ1n) is 6.42. The van der Waals surface area contributed by atoms with E-state index in [4.69, 9.17) is 5.26 Å². The number of nitriles is 1. The molecular formula is C16H12N4O. The second kappa shape index (κ2) is 5.10. The predicted octanol–water partition coefficient (Wildman–Crippen LogP) is 2.98. The number of anilines is 1. The van der Waals surface area contributed by atoms with Crippen LogP contribution in [-0.4, -0.2) is 16.6 Å². The third-order valence-electron chi connectivity index (χ3n) is 3.44. The van der Waals surface area contributed by atoms with E-state index in [1.165, 1.54) is 0 Å². The zero-order valence-electron chi connectivity index (χ0n) is 11.3. The van der Waals surface area contributed by atoms with Crippen molar-refractivity contribution in [3.05, 3.63) is 47.5 Å². The van der Waals surface area contributed by atoms with Gasteiger partial charge >= 0.3 is 0 Å². The lowest BCUT2D eigenvalue weighted by Gasteiger charge is -2.07. The number of rotatable bonds is 3. The number of fused-ring (bicyclic) bond motifs is 1. The lowest BCUT2D eigenvalue weighted by Crippen LogP contribution is -1.94. The lowest BCUT2D eigenvalue weighted by atomic mass is 9.97. The Morgan fingerprint density at radius 2 is 2.14 bits per heavy atom. The number of carbonyl (C=O) groups is 1. The Morgan fingerprint density at radius 1 is 1.29 bits per heavy atom. The molecule has 0 saturated carbocycles. The van der Waals surface area contributed by atoms with E-state index in [2.05, 4.69) is 21.6 Å². The number of hydrogen-bond donors (Lipinski definition) is 2. The Bertz CT molecular complexity index is 874. The number of hydrogen-bond acceptors (Lipinski definition) is 3. The van der Waals surface area contributed by atoms with E-state index in [9.17, 15) is 4.79 Å². The molecule has 0 aliphatic carbocycles. The smallest absolute Gasteiger partial charge is 0.212 e. The van der Waals surface area contributed by atoms with Gasteiger partial charge in [0.1, 0.15) is 0 Å². The van der Waals surface area contributed by atoms with Crippen LogP contribution in [-0.2, 0) is 4.79 Å². The van der Waals surface area contributed by atoms with E-state index in [-0.39, 0.29) is 0 Å². The maximum atomic E-state index is 10.6. The molecule has 21 heavy (non-hydrogen) atoms. The first-order chi connectivity index (χ1) is 10.2. The van der Waals surface area contributed by atoms with Crippen molar-refractivity contribution in [3.63, 3.8) is 0 Å². The Balaban J connectivity index is 2.19. The summed E-state index contributed by atoms with van der Waals surface area (Å²) >= 11 is 0. The van der Waals surface area contributed by atoms with Crippen LogP contribution in [0.15, 0.2) is 36.4 Å². The van der Waals surface area contributed by atoms with E-state index in [1.54, 1.807) is 6.07 Å². The Labute approximate surface area is 121 Å². The number of aromatic nitrogens is 2. The molecule has 0 aliphatic heterocycles. The molecule has 0 saturated heterocycles. The molecular weight excluding hydrogens is 264 g/mol.